The number of benzene rings is 2. The standard InChI is InChI=1S/C14H12N2O2/c15-8-11-2-1-3-13(14(11)16)18-12-6-4-10(9-17)5-7-12/h1-7,17H,9,16H2. The summed E-state index contributed by atoms with van der Waals surface area (Å²) in [5.41, 5.74) is 7.33. The van der Waals surface area contributed by atoms with E-state index in [0.717, 1.165) is 5.56 Å². The predicted octanol–water partition coefficient (Wildman–Crippen LogP) is 2.43. The molecule has 3 N–H and O–H groups in total. The van der Waals surface area contributed by atoms with Crippen LogP contribution in [0.4, 0.5) is 5.69 Å². The Labute approximate surface area is 105 Å². The molecule has 0 aliphatic rings. The molecule has 4 heteroatoms. The first-order valence-corrected chi connectivity index (χ1v) is 5.41. The number of nitriles is 1. The Morgan fingerprint density at radius 1 is 1.17 bits per heavy atom. The molecule has 0 spiro atoms. The number of hydrogen-bond acceptors (Lipinski definition) is 4. The molecule has 0 aliphatic carbocycles. The molecule has 2 aromatic rings. The second kappa shape index (κ2) is 5.21. The van der Waals surface area contributed by atoms with Gasteiger partial charge < -0.3 is 15.6 Å². The van der Waals surface area contributed by atoms with Crippen molar-refractivity contribution in [3.63, 3.8) is 0 Å². The van der Waals surface area contributed by atoms with E-state index in [0.29, 0.717) is 22.7 Å². The molecular weight excluding hydrogens is 228 g/mol. The lowest BCUT2D eigenvalue weighted by Gasteiger charge is -2.09. The smallest absolute Gasteiger partial charge is 0.151 e. The normalized spacial score (nSPS) is 9.78. The number of nitrogens with two attached hydrogens (primary N) is 1. The van der Waals surface area contributed by atoms with Crippen molar-refractivity contribution in [3.05, 3.63) is 53.6 Å². The molecule has 0 heterocycles. The summed E-state index contributed by atoms with van der Waals surface area (Å²) in [5, 5.41) is 17.8. The van der Waals surface area contributed by atoms with Gasteiger partial charge in [-0.05, 0) is 29.8 Å². The average Bonchev–Trinajstić information content (AvgIpc) is 2.42. The van der Waals surface area contributed by atoms with Crippen LogP contribution in [0.3, 0.4) is 0 Å². The molecule has 4 nitrogen and oxygen atoms in total. The zero-order valence-corrected chi connectivity index (χ0v) is 9.63. The Morgan fingerprint density at radius 2 is 1.89 bits per heavy atom. The SMILES string of the molecule is N#Cc1cccc(Oc2ccc(CO)cc2)c1N. The maximum Gasteiger partial charge on any atom is 0.151 e. The van der Waals surface area contributed by atoms with Crippen LogP contribution in [0.2, 0.25) is 0 Å². The van der Waals surface area contributed by atoms with Crippen molar-refractivity contribution in [1.82, 2.24) is 0 Å². The number of rotatable bonds is 3. The lowest BCUT2D eigenvalue weighted by atomic mass is 10.2. The number of anilines is 1. The molecule has 0 bridgehead atoms. The van der Waals surface area contributed by atoms with Crippen molar-refractivity contribution < 1.29 is 9.84 Å². The van der Waals surface area contributed by atoms with Crippen LogP contribution in [0.1, 0.15) is 11.1 Å². The summed E-state index contributed by atoms with van der Waals surface area (Å²) in [6.07, 6.45) is 0. The van der Waals surface area contributed by atoms with E-state index in [-0.39, 0.29) is 6.61 Å². The lowest BCUT2D eigenvalue weighted by Crippen LogP contribution is -1.95. The minimum Gasteiger partial charge on any atom is -0.455 e. The zero-order chi connectivity index (χ0) is 13.0. The number of aliphatic hydroxyl groups is 1. The number of aliphatic hydroxyl groups excluding tert-OH is 1. The molecule has 2 aromatic carbocycles. The molecule has 2 rings (SSSR count). The molecule has 0 fully saturated rings. The number of nitrogens with zero attached hydrogens (tertiary/aromatic N) is 1. The third kappa shape index (κ3) is 2.42. The molecule has 0 unspecified atom stereocenters. The van der Waals surface area contributed by atoms with E-state index in [1.165, 1.54) is 0 Å². The summed E-state index contributed by atoms with van der Waals surface area (Å²) in [4.78, 5) is 0. The fraction of sp³-hybridized carbons (Fsp3) is 0.0714. The van der Waals surface area contributed by atoms with Gasteiger partial charge in [-0.3, -0.25) is 0 Å². The van der Waals surface area contributed by atoms with Crippen LogP contribution in [0.5, 0.6) is 11.5 Å². The van der Waals surface area contributed by atoms with E-state index in [1.54, 1.807) is 42.5 Å². The zero-order valence-electron chi connectivity index (χ0n) is 9.63. The summed E-state index contributed by atoms with van der Waals surface area (Å²) in [6.45, 7) is -0.00760. The van der Waals surface area contributed by atoms with Crippen molar-refractivity contribution in [3.8, 4) is 17.6 Å². The van der Waals surface area contributed by atoms with Gasteiger partial charge in [0.25, 0.3) is 0 Å². The van der Waals surface area contributed by atoms with Crippen molar-refractivity contribution in [2.45, 2.75) is 6.61 Å². The minimum absolute atomic E-state index is 0.00760. The van der Waals surface area contributed by atoms with E-state index in [1.807, 2.05) is 6.07 Å². The largest absolute Gasteiger partial charge is 0.455 e. The second-order valence-electron chi connectivity index (χ2n) is 3.73. The Bertz CT molecular complexity index is 586. The molecule has 0 radical (unpaired) electrons. The van der Waals surface area contributed by atoms with Gasteiger partial charge in [0.05, 0.1) is 17.9 Å². The van der Waals surface area contributed by atoms with Gasteiger partial charge in [0.2, 0.25) is 0 Å². The highest BCUT2D eigenvalue weighted by atomic mass is 16.5. The molecule has 18 heavy (non-hydrogen) atoms. The lowest BCUT2D eigenvalue weighted by molar-refractivity contribution is 0.281. The Kier molecular flexibility index (Phi) is 3.46. The van der Waals surface area contributed by atoms with E-state index in [9.17, 15) is 0 Å². The first-order chi connectivity index (χ1) is 8.74. The van der Waals surface area contributed by atoms with Crippen molar-refractivity contribution in [2.24, 2.45) is 0 Å². The molecule has 0 aromatic heterocycles. The number of ether oxygens (including phenoxy) is 1. The van der Waals surface area contributed by atoms with E-state index >= 15 is 0 Å². The summed E-state index contributed by atoms with van der Waals surface area (Å²) in [6, 6.07) is 14.1. The van der Waals surface area contributed by atoms with Gasteiger partial charge in [0.15, 0.2) is 5.75 Å². The summed E-state index contributed by atoms with van der Waals surface area (Å²) < 4.78 is 5.59. The fourth-order valence-electron chi connectivity index (χ4n) is 1.52. The maximum atomic E-state index is 8.93. The highest BCUT2D eigenvalue weighted by Gasteiger charge is 2.06. The van der Waals surface area contributed by atoms with Gasteiger partial charge in [-0.2, -0.15) is 5.26 Å². The first-order valence-electron chi connectivity index (χ1n) is 5.41. The van der Waals surface area contributed by atoms with Crippen LogP contribution in [0.25, 0.3) is 0 Å². The molecule has 0 saturated heterocycles. The van der Waals surface area contributed by atoms with Crippen molar-refractivity contribution in [1.29, 1.82) is 5.26 Å². The van der Waals surface area contributed by atoms with Crippen LogP contribution in [0, 0.1) is 11.3 Å². The average molecular weight is 240 g/mol. The van der Waals surface area contributed by atoms with E-state index < -0.39 is 0 Å². The summed E-state index contributed by atoms with van der Waals surface area (Å²) >= 11 is 0. The summed E-state index contributed by atoms with van der Waals surface area (Å²) in [7, 11) is 0. The fourth-order valence-corrected chi connectivity index (χ4v) is 1.52. The topological polar surface area (TPSA) is 79.3 Å². The van der Waals surface area contributed by atoms with Crippen LogP contribution < -0.4 is 10.5 Å². The third-order valence-corrected chi connectivity index (χ3v) is 2.52. The van der Waals surface area contributed by atoms with Crippen LogP contribution in [-0.2, 0) is 6.61 Å². The van der Waals surface area contributed by atoms with Gasteiger partial charge in [-0.1, -0.05) is 18.2 Å². The predicted molar refractivity (Wildman–Crippen MR) is 68.0 cm³/mol. The maximum absolute atomic E-state index is 8.93. The van der Waals surface area contributed by atoms with Crippen LogP contribution in [-0.4, -0.2) is 5.11 Å². The monoisotopic (exact) mass is 240 g/mol. The van der Waals surface area contributed by atoms with Crippen LogP contribution in [0.15, 0.2) is 42.5 Å². The molecule has 0 amide bonds. The highest BCUT2D eigenvalue weighted by molar-refractivity contribution is 5.63. The minimum atomic E-state index is -0.00760. The van der Waals surface area contributed by atoms with Crippen molar-refractivity contribution in [2.75, 3.05) is 5.73 Å². The van der Waals surface area contributed by atoms with Crippen molar-refractivity contribution >= 4 is 5.69 Å². The summed E-state index contributed by atoms with van der Waals surface area (Å²) in [5.74, 6) is 1.06. The van der Waals surface area contributed by atoms with Gasteiger partial charge in [0, 0.05) is 0 Å². The highest BCUT2D eigenvalue weighted by Crippen LogP contribution is 2.29. The quantitative estimate of drug-likeness (QED) is 0.807. The number of hydrogen-bond donors (Lipinski definition) is 2. The molecule has 0 atom stereocenters. The Balaban J connectivity index is 2.26. The van der Waals surface area contributed by atoms with Gasteiger partial charge in [-0.25, -0.2) is 0 Å². The van der Waals surface area contributed by atoms with Crippen LogP contribution >= 0.6 is 0 Å². The Hall–Kier alpha value is -2.51. The number of para-hydroxylation sites is 1. The molecule has 0 aliphatic heterocycles. The first kappa shape index (κ1) is 12.0. The van der Waals surface area contributed by atoms with E-state index in [4.69, 9.17) is 20.8 Å². The van der Waals surface area contributed by atoms with Gasteiger partial charge >= 0.3 is 0 Å². The van der Waals surface area contributed by atoms with E-state index in [2.05, 4.69) is 0 Å². The third-order valence-electron chi connectivity index (χ3n) is 2.52. The molecular formula is C14H12N2O2. The van der Waals surface area contributed by atoms with Gasteiger partial charge in [-0.15, -0.1) is 0 Å². The Morgan fingerprint density at radius 3 is 2.50 bits per heavy atom. The second-order valence-corrected chi connectivity index (χ2v) is 3.73. The molecule has 0 saturated carbocycles. The van der Waals surface area contributed by atoms with Gasteiger partial charge in [0.1, 0.15) is 11.8 Å². The molecule has 90 valence electrons. The number of nitrogen functional groups attached to an aromatic ring is 1.